The van der Waals surface area contributed by atoms with E-state index in [0.717, 1.165) is 16.5 Å². The second-order valence-corrected chi connectivity index (χ2v) is 9.17. The molecule has 0 aliphatic carbocycles. The molecule has 4 aromatic rings. The van der Waals surface area contributed by atoms with E-state index in [1.54, 1.807) is 36.5 Å². The molecule has 1 N–H and O–H groups in total. The van der Waals surface area contributed by atoms with E-state index in [-0.39, 0.29) is 10.9 Å². The Balaban J connectivity index is 1.21. The summed E-state index contributed by atoms with van der Waals surface area (Å²) in [7, 11) is 1.54. The minimum atomic E-state index is -0.423. The smallest absolute Gasteiger partial charge is 0.257 e. The van der Waals surface area contributed by atoms with Gasteiger partial charge in [-0.3, -0.25) is 14.7 Å². The highest BCUT2D eigenvalue weighted by Crippen LogP contribution is 2.27. The van der Waals surface area contributed by atoms with Crippen molar-refractivity contribution >= 4 is 34.1 Å². The first-order chi connectivity index (χ1) is 18.0. The van der Waals surface area contributed by atoms with Crippen LogP contribution >= 0.6 is 11.6 Å². The summed E-state index contributed by atoms with van der Waals surface area (Å²) < 4.78 is 19.0. The molecule has 0 spiro atoms. The number of fused-ring (bicyclic) bond motifs is 1. The number of ether oxygens (including phenoxy) is 1. The van der Waals surface area contributed by atoms with Crippen molar-refractivity contribution in [2.24, 2.45) is 0 Å². The van der Waals surface area contributed by atoms with Crippen LogP contribution in [0.3, 0.4) is 0 Å². The van der Waals surface area contributed by atoms with Crippen LogP contribution in [0.4, 0.5) is 10.1 Å². The Hall–Kier alpha value is -3.88. The molecule has 0 radical (unpaired) electrons. The summed E-state index contributed by atoms with van der Waals surface area (Å²) in [4.78, 5) is 27.5. The summed E-state index contributed by atoms with van der Waals surface area (Å²) >= 11 is 5.90. The molecule has 1 fully saturated rings. The van der Waals surface area contributed by atoms with Gasteiger partial charge in [-0.1, -0.05) is 35.9 Å². The summed E-state index contributed by atoms with van der Waals surface area (Å²) in [6.45, 7) is 3.21. The number of carbonyl (C=O) groups is 1. The van der Waals surface area contributed by atoms with Gasteiger partial charge in [0.25, 0.3) is 5.91 Å². The molecule has 0 saturated carbocycles. The fourth-order valence-corrected chi connectivity index (χ4v) is 4.58. The van der Waals surface area contributed by atoms with Gasteiger partial charge in [-0.15, -0.1) is 0 Å². The van der Waals surface area contributed by atoms with Crippen LogP contribution in [0.25, 0.3) is 10.9 Å². The van der Waals surface area contributed by atoms with Crippen LogP contribution < -0.4 is 15.1 Å². The Bertz CT molecular complexity index is 1420. The van der Waals surface area contributed by atoms with E-state index in [9.17, 15) is 9.18 Å². The highest BCUT2D eigenvalue weighted by molar-refractivity contribution is 6.30. The standard InChI is InChI=1S/C28H26ClFN4O3/c1-36-26-17-21(32-37-25-6-2-4-20-5-3-11-31-27(20)25)8-9-22(26)28(35)34-14-12-33(13-15-34)18-19-7-10-24(30)23(29)16-19/h2-11,16-17,32H,12-15,18H2,1H3. The van der Waals surface area contributed by atoms with Crippen molar-refractivity contribution in [2.45, 2.75) is 6.54 Å². The lowest BCUT2D eigenvalue weighted by molar-refractivity contribution is 0.0625. The van der Waals surface area contributed by atoms with Crippen LogP contribution in [0.2, 0.25) is 5.02 Å². The summed E-state index contributed by atoms with van der Waals surface area (Å²) in [5, 5.41) is 1.09. The number of nitrogens with one attached hydrogen (secondary N) is 1. The first-order valence-corrected chi connectivity index (χ1v) is 12.3. The second-order valence-electron chi connectivity index (χ2n) is 8.77. The highest BCUT2D eigenvalue weighted by Gasteiger charge is 2.24. The van der Waals surface area contributed by atoms with E-state index in [1.807, 2.05) is 35.2 Å². The number of methoxy groups -OCH3 is 1. The maximum atomic E-state index is 13.4. The minimum Gasteiger partial charge on any atom is -0.496 e. The minimum absolute atomic E-state index is 0.0907. The maximum absolute atomic E-state index is 13.4. The number of aromatic nitrogens is 1. The van der Waals surface area contributed by atoms with Crippen molar-refractivity contribution in [1.82, 2.24) is 14.8 Å². The van der Waals surface area contributed by atoms with Gasteiger partial charge in [0.2, 0.25) is 0 Å². The molecule has 37 heavy (non-hydrogen) atoms. The second kappa shape index (κ2) is 11.0. The normalized spacial score (nSPS) is 14.0. The lowest BCUT2D eigenvalue weighted by Gasteiger charge is -2.35. The molecule has 0 atom stereocenters. The van der Waals surface area contributed by atoms with Gasteiger partial charge in [-0.05, 0) is 42.0 Å². The molecular weight excluding hydrogens is 495 g/mol. The van der Waals surface area contributed by atoms with Crippen molar-refractivity contribution in [3.05, 3.63) is 94.9 Å². The lowest BCUT2D eigenvalue weighted by atomic mass is 10.1. The van der Waals surface area contributed by atoms with Gasteiger partial charge in [0.05, 0.1) is 23.4 Å². The third-order valence-electron chi connectivity index (χ3n) is 6.36. The summed E-state index contributed by atoms with van der Waals surface area (Å²) in [5.41, 5.74) is 5.74. The summed E-state index contributed by atoms with van der Waals surface area (Å²) in [6, 6.07) is 19.6. The Morgan fingerprint density at radius 3 is 2.62 bits per heavy atom. The Morgan fingerprint density at radius 2 is 1.84 bits per heavy atom. The van der Waals surface area contributed by atoms with Crippen molar-refractivity contribution in [3.8, 4) is 11.5 Å². The van der Waals surface area contributed by atoms with Crippen LogP contribution in [-0.2, 0) is 6.54 Å². The number of rotatable bonds is 7. The number of amides is 1. The van der Waals surface area contributed by atoms with Crippen molar-refractivity contribution in [3.63, 3.8) is 0 Å². The predicted octanol–water partition coefficient (Wildman–Crippen LogP) is 5.40. The molecule has 1 aliphatic rings. The SMILES string of the molecule is COc1cc(NOc2cccc3cccnc23)ccc1C(=O)N1CCN(Cc2ccc(F)c(Cl)c2)CC1. The number of nitrogens with zero attached hydrogens (tertiary/aromatic N) is 3. The number of para-hydroxylation sites is 1. The number of pyridine rings is 1. The molecule has 1 aliphatic heterocycles. The summed E-state index contributed by atoms with van der Waals surface area (Å²) in [5.74, 6) is 0.538. The number of halogens is 2. The van der Waals surface area contributed by atoms with Gasteiger partial charge in [-0.2, -0.15) is 0 Å². The van der Waals surface area contributed by atoms with Gasteiger partial charge >= 0.3 is 0 Å². The monoisotopic (exact) mass is 520 g/mol. The zero-order chi connectivity index (χ0) is 25.8. The molecule has 2 heterocycles. The number of piperazine rings is 1. The quantitative estimate of drug-likeness (QED) is 0.329. The molecule has 3 aromatic carbocycles. The van der Waals surface area contributed by atoms with Crippen molar-refractivity contribution in [2.75, 3.05) is 38.8 Å². The third-order valence-corrected chi connectivity index (χ3v) is 6.65. The molecular formula is C28H26ClFN4O3. The number of benzene rings is 3. The van der Waals surface area contributed by atoms with Gasteiger partial charge in [-0.25, -0.2) is 9.87 Å². The third kappa shape index (κ3) is 5.60. The Kier molecular flexibility index (Phi) is 7.39. The predicted molar refractivity (Wildman–Crippen MR) is 142 cm³/mol. The highest BCUT2D eigenvalue weighted by atomic mass is 35.5. The van der Waals surface area contributed by atoms with E-state index in [2.05, 4.69) is 15.4 Å². The lowest BCUT2D eigenvalue weighted by Crippen LogP contribution is -2.48. The van der Waals surface area contributed by atoms with Crippen molar-refractivity contribution < 1.29 is 18.8 Å². The van der Waals surface area contributed by atoms with Gasteiger partial charge in [0, 0.05) is 50.4 Å². The number of carbonyl (C=O) groups excluding carboxylic acids is 1. The fourth-order valence-electron chi connectivity index (χ4n) is 4.38. The van der Waals surface area contributed by atoms with E-state index in [1.165, 1.54) is 13.2 Å². The van der Waals surface area contributed by atoms with Crippen LogP contribution in [-0.4, -0.2) is 54.0 Å². The summed E-state index contributed by atoms with van der Waals surface area (Å²) in [6.07, 6.45) is 1.72. The molecule has 0 bridgehead atoms. The Morgan fingerprint density at radius 1 is 1.03 bits per heavy atom. The van der Waals surface area contributed by atoms with E-state index >= 15 is 0 Å². The van der Waals surface area contributed by atoms with E-state index in [4.69, 9.17) is 21.2 Å². The first-order valence-electron chi connectivity index (χ1n) is 11.9. The molecule has 190 valence electrons. The van der Waals surface area contributed by atoms with Crippen LogP contribution in [0.5, 0.6) is 11.5 Å². The van der Waals surface area contributed by atoms with Crippen LogP contribution in [0.15, 0.2) is 72.9 Å². The molecule has 7 nitrogen and oxygen atoms in total. The average molecular weight is 521 g/mol. The number of anilines is 1. The topological polar surface area (TPSA) is 66.9 Å². The fraction of sp³-hybridized carbons (Fsp3) is 0.214. The molecule has 0 unspecified atom stereocenters. The van der Waals surface area contributed by atoms with Gasteiger partial charge in [0.15, 0.2) is 5.75 Å². The largest absolute Gasteiger partial charge is 0.496 e. The molecule has 1 amide bonds. The Labute approximate surface area is 219 Å². The number of hydrogen-bond donors (Lipinski definition) is 1. The van der Waals surface area contributed by atoms with Gasteiger partial charge in [0.1, 0.15) is 17.1 Å². The zero-order valence-corrected chi connectivity index (χ0v) is 21.0. The molecule has 1 aromatic heterocycles. The van der Waals surface area contributed by atoms with E-state index < -0.39 is 5.82 Å². The first kappa shape index (κ1) is 24.8. The molecule has 1 saturated heterocycles. The molecule has 5 rings (SSSR count). The molecule has 9 heteroatoms. The number of hydrogen-bond acceptors (Lipinski definition) is 6. The maximum Gasteiger partial charge on any atom is 0.257 e. The van der Waals surface area contributed by atoms with Crippen LogP contribution in [0, 0.1) is 5.82 Å². The zero-order valence-electron chi connectivity index (χ0n) is 20.3. The van der Waals surface area contributed by atoms with Gasteiger partial charge < -0.3 is 14.5 Å². The van der Waals surface area contributed by atoms with Crippen molar-refractivity contribution in [1.29, 1.82) is 0 Å². The van der Waals surface area contributed by atoms with E-state index in [0.29, 0.717) is 55.5 Å². The average Bonchev–Trinajstić information content (AvgIpc) is 2.93. The van der Waals surface area contributed by atoms with Crippen LogP contribution in [0.1, 0.15) is 15.9 Å².